The van der Waals surface area contributed by atoms with Crippen LogP contribution in [0.2, 0.25) is 0 Å². The lowest BCUT2D eigenvalue weighted by Gasteiger charge is -2.37. The quantitative estimate of drug-likeness (QED) is 0.794. The Labute approximate surface area is 153 Å². The van der Waals surface area contributed by atoms with Crippen molar-refractivity contribution >= 4 is 0 Å². The first-order chi connectivity index (χ1) is 12.2. The minimum absolute atomic E-state index is 0.203. The number of methoxy groups -OCH3 is 1. The summed E-state index contributed by atoms with van der Waals surface area (Å²) in [5.41, 5.74) is 4.16. The van der Waals surface area contributed by atoms with Gasteiger partial charge in [-0.3, -0.25) is 0 Å². The highest BCUT2D eigenvalue weighted by molar-refractivity contribution is 5.58. The lowest BCUT2D eigenvalue weighted by atomic mass is 9.66. The van der Waals surface area contributed by atoms with E-state index in [9.17, 15) is 0 Å². The summed E-state index contributed by atoms with van der Waals surface area (Å²) < 4.78 is 11.7. The lowest BCUT2D eigenvalue weighted by molar-refractivity contribution is 0.165. The molecule has 0 spiro atoms. The second kappa shape index (κ2) is 9.10. The predicted molar refractivity (Wildman–Crippen MR) is 106 cm³/mol. The molecule has 1 saturated carbocycles. The zero-order valence-electron chi connectivity index (χ0n) is 16.2. The lowest BCUT2D eigenvalue weighted by Crippen LogP contribution is -2.34. The second-order valence-corrected chi connectivity index (χ2v) is 6.58. The molecule has 3 atom stereocenters. The number of benzene rings is 1. The molecule has 25 heavy (non-hydrogen) atoms. The van der Waals surface area contributed by atoms with Gasteiger partial charge < -0.3 is 14.8 Å². The molecule has 0 saturated heterocycles. The Morgan fingerprint density at radius 2 is 2.00 bits per heavy atom. The SMILES string of the molecule is C=C1CCC2CCc3ccc(OC)c4c3C2C1O4.C=CCNC.CC. The van der Waals surface area contributed by atoms with E-state index < -0.39 is 0 Å². The smallest absolute Gasteiger partial charge is 0.166 e. The molecule has 3 aliphatic rings. The van der Waals surface area contributed by atoms with Gasteiger partial charge in [-0.1, -0.05) is 32.6 Å². The van der Waals surface area contributed by atoms with Crippen LogP contribution in [-0.2, 0) is 6.42 Å². The predicted octanol–water partition coefficient (Wildman–Crippen LogP) is 4.87. The van der Waals surface area contributed by atoms with Crippen LogP contribution in [0, 0.1) is 5.92 Å². The van der Waals surface area contributed by atoms with E-state index >= 15 is 0 Å². The molecule has 1 N–H and O–H groups in total. The highest BCUT2D eigenvalue weighted by atomic mass is 16.5. The molecule has 1 heterocycles. The third-order valence-electron chi connectivity index (χ3n) is 5.25. The fourth-order valence-corrected chi connectivity index (χ4v) is 4.16. The molecule has 1 aliphatic heterocycles. The third kappa shape index (κ3) is 3.77. The van der Waals surface area contributed by atoms with Gasteiger partial charge in [-0.25, -0.2) is 0 Å². The number of rotatable bonds is 3. The summed E-state index contributed by atoms with van der Waals surface area (Å²) in [4.78, 5) is 0. The zero-order valence-corrected chi connectivity index (χ0v) is 16.2. The fourth-order valence-electron chi connectivity index (χ4n) is 4.16. The van der Waals surface area contributed by atoms with E-state index in [4.69, 9.17) is 9.47 Å². The molecule has 0 aromatic heterocycles. The van der Waals surface area contributed by atoms with E-state index in [2.05, 4.69) is 30.6 Å². The van der Waals surface area contributed by atoms with E-state index in [-0.39, 0.29) is 6.10 Å². The molecule has 3 heteroatoms. The number of aryl methyl sites for hydroxylation is 1. The Balaban J connectivity index is 0.000000281. The van der Waals surface area contributed by atoms with Crippen molar-refractivity contribution in [1.82, 2.24) is 5.32 Å². The largest absolute Gasteiger partial charge is 0.493 e. The number of ether oxygens (including phenoxy) is 2. The molecule has 1 fully saturated rings. The average molecular weight is 344 g/mol. The Hall–Kier alpha value is -1.74. The number of hydrogen-bond acceptors (Lipinski definition) is 3. The molecule has 2 aliphatic carbocycles. The highest BCUT2D eigenvalue weighted by Crippen LogP contribution is 2.57. The van der Waals surface area contributed by atoms with E-state index in [1.807, 2.05) is 27.0 Å². The average Bonchev–Trinajstić information content (AvgIpc) is 3.07. The van der Waals surface area contributed by atoms with Gasteiger partial charge >= 0.3 is 0 Å². The normalized spacial score (nSPS) is 24.6. The maximum absolute atomic E-state index is 6.21. The summed E-state index contributed by atoms with van der Waals surface area (Å²) in [5, 5.41) is 2.90. The van der Waals surface area contributed by atoms with Crippen LogP contribution in [0.25, 0.3) is 0 Å². The number of likely N-dealkylation sites (N-methyl/N-ethyl adjacent to an activating group) is 1. The molecule has 0 bridgehead atoms. The standard InChI is InChI=1S/C16H18O2.C4H9N.C2H6/c1-9-3-4-10-5-6-11-7-8-12(17-2)16-14(11)13(10)15(9)18-16;1-3-4-5-2;1-2/h7-8,10,13,15H,1,3-6H2,2H3;3,5H,1,4H2,2H3;1-2H3. The van der Waals surface area contributed by atoms with Crippen molar-refractivity contribution in [3.63, 3.8) is 0 Å². The molecule has 1 aromatic rings. The van der Waals surface area contributed by atoms with Crippen molar-refractivity contribution in [3.8, 4) is 11.5 Å². The molecule has 3 nitrogen and oxygen atoms in total. The van der Waals surface area contributed by atoms with Crippen molar-refractivity contribution < 1.29 is 9.47 Å². The van der Waals surface area contributed by atoms with Gasteiger partial charge in [0.05, 0.1) is 7.11 Å². The highest BCUT2D eigenvalue weighted by Gasteiger charge is 2.47. The van der Waals surface area contributed by atoms with Gasteiger partial charge in [0, 0.05) is 18.0 Å². The zero-order chi connectivity index (χ0) is 18.4. The van der Waals surface area contributed by atoms with Crippen LogP contribution in [-0.4, -0.2) is 26.8 Å². The van der Waals surface area contributed by atoms with Crippen LogP contribution < -0.4 is 14.8 Å². The van der Waals surface area contributed by atoms with Gasteiger partial charge in [0.25, 0.3) is 0 Å². The summed E-state index contributed by atoms with van der Waals surface area (Å²) in [6.45, 7) is 12.6. The Morgan fingerprint density at radius 3 is 2.60 bits per heavy atom. The first kappa shape index (κ1) is 19.6. The summed E-state index contributed by atoms with van der Waals surface area (Å²) >= 11 is 0. The molecular weight excluding hydrogens is 310 g/mol. The van der Waals surface area contributed by atoms with Crippen molar-refractivity contribution in [2.24, 2.45) is 5.92 Å². The molecule has 138 valence electrons. The van der Waals surface area contributed by atoms with Gasteiger partial charge in [0.2, 0.25) is 0 Å². The van der Waals surface area contributed by atoms with Gasteiger partial charge in [-0.05, 0) is 55.9 Å². The molecule has 1 aromatic carbocycles. The van der Waals surface area contributed by atoms with E-state index in [1.165, 1.54) is 36.0 Å². The maximum atomic E-state index is 6.21. The van der Waals surface area contributed by atoms with Gasteiger partial charge in [-0.2, -0.15) is 0 Å². The topological polar surface area (TPSA) is 30.5 Å². The van der Waals surface area contributed by atoms with Crippen molar-refractivity contribution in [3.05, 3.63) is 48.1 Å². The summed E-state index contributed by atoms with van der Waals surface area (Å²) in [7, 11) is 3.61. The van der Waals surface area contributed by atoms with Crippen LogP contribution in [0.15, 0.2) is 36.9 Å². The van der Waals surface area contributed by atoms with E-state index in [0.29, 0.717) is 5.92 Å². The summed E-state index contributed by atoms with van der Waals surface area (Å²) in [6, 6.07) is 4.27. The van der Waals surface area contributed by atoms with Crippen molar-refractivity contribution in [2.45, 2.75) is 51.6 Å². The first-order valence-corrected chi connectivity index (χ1v) is 9.50. The minimum atomic E-state index is 0.203. The first-order valence-electron chi connectivity index (χ1n) is 9.50. The number of nitrogens with one attached hydrogen (secondary N) is 1. The van der Waals surface area contributed by atoms with Crippen LogP contribution >= 0.6 is 0 Å². The van der Waals surface area contributed by atoms with E-state index in [1.54, 1.807) is 7.11 Å². The molecule has 4 rings (SSSR count). The molecular formula is C22H33NO2. The van der Waals surface area contributed by atoms with Crippen LogP contribution in [0.5, 0.6) is 11.5 Å². The van der Waals surface area contributed by atoms with Crippen LogP contribution in [0.3, 0.4) is 0 Å². The fraction of sp³-hybridized carbons (Fsp3) is 0.545. The molecule has 0 amide bonds. The third-order valence-corrected chi connectivity index (χ3v) is 5.25. The van der Waals surface area contributed by atoms with Gasteiger partial charge in [-0.15, -0.1) is 6.58 Å². The van der Waals surface area contributed by atoms with Crippen LogP contribution in [0.4, 0.5) is 0 Å². The number of hydrogen-bond donors (Lipinski definition) is 1. The summed E-state index contributed by atoms with van der Waals surface area (Å²) in [5.74, 6) is 3.20. The Morgan fingerprint density at radius 1 is 1.28 bits per heavy atom. The van der Waals surface area contributed by atoms with Gasteiger partial charge in [0.1, 0.15) is 6.10 Å². The van der Waals surface area contributed by atoms with Crippen molar-refractivity contribution in [1.29, 1.82) is 0 Å². The maximum Gasteiger partial charge on any atom is 0.166 e. The second-order valence-electron chi connectivity index (χ2n) is 6.58. The Bertz CT molecular complexity index is 608. The summed E-state index contributed by atoms with van der Waals surface area (Å²) in [6.07, 6.45) is 6.91. The Kier molecular flexibility index (Phi) is 7.12. The minimum Gasteiger partial charge on any atom is -0.493 e. The molecule has 0 radical (unpaired) electrons. The monoisotopic (exact) mass is 343 g/mol. The molecule has 3 unspecified atom stereocenters. The van der Waals surface area contributed by atoms with Gasteiger partial charge in [0.15, 0.2) is 11.5 Å². The van der Waals surface area contributed by atoms with Crippen LogP contribution in [0.1, 0.15) is 50.2 Å². The van der Waals surface area contributed by atoms with E-state index in [0.717, 1.165) is 30.4 Å². The van der Waals surface area contributed by atoms with Crippen molar-refractivity contribution in [2.75, 3.05) is 20.7 Å².